The molecule has 1 amide bonds. The van der Waals surface area contributed by atoms with Gasteiger partial charge in [-0.3, -0.25) is 9.20 Å². The smallest absolute Gasteiger partial charge is 0.254 e. The van der Waals surface area contributed by atoms with Crippen molar-refractivity contribution in [3.8, 4) is 0 Å². The summed E-state index contributed by atoms with van der Waals surface area (Å²) in [6.45, 7) is 5.61. The number of thioether (sulfide) groups is 1. The third-order valence-corrected chi connectivity index (χ3v) is 5.18. The molecule has 2 heterocycles. The van der Waals surface area contributed by atoms with Crippen molar-refractivity contribution in [1.82, 2.24) is 14.6 Å². The van der Waals surface area contributed by atoms with E-state index in [0.717, 1.165) is 39.9 Å². The molecule has 1 unspecified atom stereocenters. The van der Waals surface area contributed by atoms with Crippen molar-refractivity contribution in [2.45, 2.75) is 26.7 Å². The molecule has 144 valence electrons. The Balaban J connectivity index is 2.13. The Bertz CT molecular complexity index is 1040. The third-order valence-electron chi connectivity index (χ3n) is 4.73. The lowest BCUT2D eigenvalue weighted by molar-refractivity contribution is -0.126. The van der Waals surface area contributed by atoms with Crippen LogP contribution >= 0.6 is 11.8 Å². The fourth-order valence-electron chi connectivity index (χ4n) is 3.32. The van der Waals surface area contributed by atoms with Crippen molar-refractivity contribution in [1.29, 1.82) is 5.41 Å². The highest BCUT2D eigenvalue weighted by Gasteiger charge is 2.39. The van der Waals surface area contributed by atoms with Crippen LogP contribution < -0.4 is 5.73 Å². The molecule has 1 atom stereocenters. The molecule has 0 radical (unpaired) electrons. The number of aliphatic imine (C=N–C) groups is 1. The van der Waals surface area contributed by atoms with Crippen LogP contribution in [-0.4, -0.2) is 31.2 Å². The molecule has 2 aromatic heterocycles. The fourth-order valence-corrected chi connectivity index (χ4v) is 3.57. The van der Waals surface area contributed by atoms with E-state index < -0.39 is 5.41 Å². The van der Waals surface area contributed by atoms with Crippen LogP contribution in [0.4, 0.5) is 0 Å². The van der Waals surface area contributed by atoms with E-state index >= 15 is 0 Å². The van der Waals surface area contributed by atoms with Crippen LogP contribution in [0.2, 0.25) is 0 Å². The van der Waals surface area contributed by atoms with E-state index in [0.29, 0.717) is 0 Å². The number of nitrogens with zero attached hydrogens (tertiary/aromatic N) is 4. The molecule has 7 nitrogen and oxygen atoms in total. The number of amides is 1. The van der Waals surface area contributed by atoms with Crippen molar-refractivity contribution in [3.05, 3.63) is 65.6 Å². The number of aryl methyl sites for hydroxylation is 1. The molecule has 0 saturated heterocycles. The maximum atomic E-state index is 13.0. The number of aromatic nitrogens is 3. The molecule has 0 spiro atoms. The van der Waals surface area contributed by atoms with E-state index in [-0.39, 0.29) is 17.0 Å². The van der Waals surface area contributed by atoms with Gasteiger partial charge in [-0.15, -0.1) is 10.2 Å². The van der Waals surface area contributed by atoms with Crippen LogP contribution in [0.3, 0.4) is 0 Å². The Labute approximate surface area is 167 Å². The zero-order valence-corrected chi connectivity index (χ0v) is 16.8. The van der Waals surface area contributed by atoms with Crippen molar-refractivity contribution in [3.63, 3.8) is 0 Å². The third kappa shape index (κ3) is 3.82. The van der Waals surface area contributed by atoms with Gasteiger partial charge in [0.1, 0.15) is 5.82 Å². The molecule has 0 bridgehead atoms. The summed E-state index contributed by atoms with van der Waals surface area (Å²) in [5.41, 5.74) is 8.64. The second kappa shape index (κ2) is 7.93. The molecular weight excluding hydrogens is 372 g/mol. The van der Waals surface area contributed by atoms with E-state index in [1.54, 1.807) is 0 Å². The number of nitrogens with two attached hydrogens (primary N) is 1. The molecule has 3 N–H and O–H groups in total. The van der Waals surface area contributed by atoms with Crippen LogP contribution in [0.5, 0.6) is 0 Å². The summed E-state index contributed by atoms with van der Waals surface area (Å²) in [6, 6.07) is 13.7. The standard InChI is InChI=1S/C20H22N6OS/c1-13-24-25-16-10-9-15(11-26(13)16)17(14-7-5-4-6-8-14)20(2,3)18(27)23-19(22)28-12-21/h4-12,17,21H,1-3H3,(H2,22,23,27). The van der Waals surface area contributed by atoms with Crippen LogP contribution in [0.25, 0.3) is 5.65 Å². The number of pyridine rings is 1. The first kappa shape index (κ1) is 19.8. The second-order valence-corrected chi connectivity index (χ2v) is 7.88. The molecular formula is C20H22N6OS. The number of hydrogen-bond acceptors (Lipinski definition) is 5. The van der Waals surface area contributed by atoms with Gasteiger partial charge in [-0.25, -0.2) is 0 Å². The van der Waals surface area contributed by atoms with Gasteiger partial charge in [-0.05, 0) is 35.9 Å². The Morgan fingerprint density at radius 2 is 1.93 bits per heavy atom. The Hall–Kier alpha value is -3.00. The van der Waals surface area contributed by atoms with E-state index in [1.165, 1.54) is 0 Å². The van der Waals surface area contributed by atoms with E-state index in [4.69, 9.17) is 11.1 Å². The summed E-state index contributed by atoms with van der Waals surface area (Å²) in [7, 11) is 0. The molecule has 0 aliphatic rings. The number of rotatable bonds is 5. The van der Waals surface area contributed by atoms with E-state index in [9.17, 15) is 4.79 Å². The summed E-state index contributed by atoms with van der Waals surface area (Å²) in [6.07, 6.45) is 1.97. The van der Waals surface area contributed by atoms with Gasteiger partial charge in [0.05, 0.1) is 11.0 Å². The van der Waals surface area contributed by atoms with Gasteiger partial charge < -0.3 is 11.1 Å². The molecule has 28 heavy (non-hydrogen) atoms. The van der Waals surface area contributed by atoms with Gasteiger partial charge in [0.25, 0.3) is 5.91 Å². The number of hydrogen-bond donors (Lipinski definition) is 2. The highest BCUT2D eigenvalue weighted by molar-refractivity contribution is 8.24. The molecule has 3 rings (SSSR count). The summed E-state index contributed by atoms with van der Waals surface area (Å²) < 4.78 is 1.91. The summed E-state index contributed by atoms with van der Waals surface area (Å²) in [4.78, 5) is 17.0. The fraction of sp³-hybridized carbons (Fsp3) is 0.250. The van der Waals surface area contributed by atoms with Crippen molar-refractivity contribution in [2.24, 2.45) is 16.1 Å². The molecule has 1 aromatic carbocycles. The zero-order valence-electron chi connectivity index (χ0n) is 16.0. The van der Waals surface area contributed by atoms with Gasteiger partial charge in [0.15, 0.2) is 10.8 Å². The number of carbonyl (C=O) groups excluding carboxylic acids is 1. The van der Waals surface area contributed by atoms with Crippen LogP contribution in [0.1, 0.15) is 36.7 Å². The Morgan fingerprint density at radius 1 is 1.21 bits per heavy atom. The summed E-state index contributed by atoms with van der Waals surface area (Å²) >= 11 is 0.912. The van der Waals surface area contributed by atoms with Crippen LogP contribution in [0, 0.1) is 17.7 Å². The largest absolute Gasteiger partial charge is 0.378 e. The van der Waals surface area contributed by atoms with Crippen LogP contribution in [-0.2, 0) is 4.79 Å². The lowest BCUT2D eigenvalue weighted by Crippen LogP contribution is -2.32. The number of benzene rings is 1. The van der Waals surface area contributed by atoms with E-state index in [1.807, 2.05) is 73.8 Å². The highest BCUT2D eigenvalue weighted by Crippen LogP contribution is 2.42. The SMILES string of the molecule is Cc1nnc2ccc(C(c3ccccc3)C(C)(C)C(=O)N=C(N)SC=N)cn12. The minimum Gasteiger partial charge on any atom is -0.378 e. The molecule has 3 aromatic rings. The maximum Gasteiger partial charge on any atom is 0.254 e. The Kier molecular flexibility index (Phi) is 5.60. The number of nitrogens with one attached hydrogen (secondary N) is 1. The quantitative estimate of drug-likeness (QED) is 0.509. The molecule has 0 aliphatic carbocycles. The zero-order chi connectivity index (χ0) is 20.3. The predicted molar refractivity (Wildman–Crippen MR) is 113 cm³/mol. The lowest BCUT2D eigenvalue weighted by Gasteiger charge is -2.32. The average Bonchev–Trinajstić information content (AvgIpc) is 3.03. The summed E-state index contributed by atoms with van der Waals surface area (Å²) in [5, 5.41) is 15.4. The lowest BCUT2D eigenvalue weighted by atomic mass is 9.71. The minimum atomic E-state index is -0.871. The highest BCUT2D eigenvalue weighted by atomic mass is 32.2. The molecule has 0 aliphatic heterocycles. The van der Waals surface area contributed by atoms with Crippen molar-refractivity contribution >= 4 is 34.0 Å². The summed E-state index contributed by atoms with van der Waals surface area (Å²) in [5.74, 6) is 0.181. The first-order chi connectivity index (χ1) is 13.3. The molecule has 8 heteroatoms. The predicted octanol–water partition coefficient (Wildman–Crippen LogP) is 3.38. The van der Waals surface area contributed by atoms with Gasteiger partial charge >= 0.3 is 0 Å². The van der Waals surface area contributed by atoms with Crippen LogP contribution in [0.15, 0.2) is 53.7 Å². The topological polar surface area (TPSA) is 109 Å². The first-order valence-electron chi connectivity index (χ1n) is 8.75. The monoisotopic (exact) mass is 394 g/mol. The van der Waals surface area contributed by atoms with Crippen molar-refractivity contribution in [2.75, 3.05) is 0 Å². The first-order valence-corrected chi connectivity index (χ1v) is 9.63. The second-order valence-electron chi connectivity index (χ2n) is 6.99. The van der Waals surface area contributed by atoms with Gasteiger partial charge in [-0.1, -0.05) is 50.2 Å². The normalized spacial score (nSPS) is 13.5. The van der Waals surface area contributed by atoms with Gasteiger partial charge in [0, 0.05) is 12.1 Å². The molecule has 0 fully saturated rings. The van der Waals surface area contributed by atoms with Gasteiger partial charge in [-0.2, -0.15) is 4.99 Å². The van der Waals surface area contributed by atoms with Gasteiger partial charge in [0.2, 0.25) is 0 Å². The number of amidine groups is 1. The number of carbonyl (C=O) groups is 1. The Morgan fingerprint density at radius 3 is 2.61 bits per heavy atom. The minimum absolute atomic E-state index is 0.0602. The molecule has 0 saturated carbocycles. The average molecular weight is 395 g/mol. The number of fused-ring (bicyclic) bond motifs is 1. The van der Waals surface area contributed by atoms with Crippen molar-refractivity contribution < 1.29 is 4.79 Å². The maximum absolute atomic E-state index is 13.0. The van der Waals surface area contributed by atoms with E-state index in [2.05, 4.69) is 15.2 Å².